The van der Waals surface area contributed by atoms with Crippen LogP contribution in [0.2, 0.25) is 0 Å². The summed E-state index contributed by atoms with van der Waals surface area (Å²) in [7, 11) is 1.53. The molecule has 0 aliphatic carbocycles. The van der Waals surface area contributed by atoms with Crippen LogP contribution in [0.1, 0.15) is 174 Å². The molecule has 0 radical (unpaired) electrons. The van der Waals surface area contributed by atoms with Gasteiger partial charge in [-0.25, -0.2) is 4.57 Å². The van der Waals surface area contributed by atoms with Gasteiger partial charge in [0.25, 0.3) is 0 Å². The summed E-state index contributed by atoms with van der Waals surface area (Å²) in [5.41, 5.74) is 0. The first-order valence-corrected chi connectivity index (χ1v) is 23.7. The lowest BCUT2D eigenvalue weighted by atomic mass is 10.1. The van der Waals surface area contributed by atoms with Crippen LogP contribution in [0.25, 0.3) is 0 Å². The lowest BCUT2D eigenvalue weighted by molar-refractivity contribution is -0.870. The molecule has 0 aromatic carbocycles. The Hall–Kier alpha value is -1.80. The number of hydrogen-bond acceptors (Lipinski definition) is 5. The summed E-state index contributed by atoms with van der Waals surface area (Å²) in [6, 6.07) is -0.872. The number of aliphatic hydroxyl groups is 1. The Bertz CT molecular complexity index is 1080. The zero-order valence-corrected chi connectivity index (χ0v) is 37.0. The fourth-order valence-corrected chi connectivity index (χ4v) is 6.60. The predicted octanol–water partition coefficient (Wildman–Crippen LogP) is 12.2. The van der Waals surface area contributed by atoms with Crippen molar-refractivity contribution in [3.63, 3.8) is 0 Å². The minimum atomic E-state index is -4.35. The molecule has 55 heavy (non-hydrogen) atoms. The Morgan fingerprint density at radius 2 is 1.05 bits per heavy atom. The van der Waals surface area contributed by atoms with Crippen molar-refractivity contribution in [3.05, 3.63) is 60.8 Å². The molecule has 0 aliphatic heterocycles. The highest BCUT2D eigenvalue weighted by molar-refractivity contribution is 7.47. The number of nitrogens with zero attached hydrogens (tertiary/aromatic N) is 1. The number of phosphoric acid groups is 1. The lowest BCUT2D eigenvalue weighted by Gasteiger charge is -2.25. The maximum Gasteiger partial charge on any atom is 0.472 e. The molecule has 0 saturated carbocycles. The normalized spacial score (nSPS) is 15.0. The van der Waals surface area contributed by atoms with Gasteiger partial charge in [0.15, 0.2) is 0 Å². The van der Waals surface area contributed by atoms with Gasteiger partial charge in [0.2, 0.25) is 5.91 Å². The number of unbranched alkanes of at least 4 members (excludes halogenated alkanes) is 18. The van der Waals surface area contributed by atoms with Crippen molar-refractivity contribution in [2.75, 3.05) is 40.9 Å². The van der Waals surface area contributed by atoms with Crippen LogP contribution in [-0.4, -0.2) is 73.4 Å². The molecule has 8 nitrogen and oxygen atoms in total. The van der Waals surface area contributed by atoms with E-state index in [2.05, 4.69) is 67.8 Å². The van der Waals surface area contributed by atoms with E-state index >= 15 is 0 Å². The minimum Gasteiger partial charge on any atom is -0.387 e. The molecule has 0 saturated heterocycles. The second-order valence-electron chi connectivity index (χ2n) is 16.0. The molecule has 1 amide bonds. The molecule has 0 aromatic rings. The van der Waals surface area contributed by atoms with Gasteiger partial charge >= 0.3 is 7.82 Å². The fourth-order valence-electron chi connectivity index (χ4n) is 5.87. The number of nitrogens with one attached hydrogen (secondary N) is 1. The van der Waals surface area contributed by atoms with Gasteiger partial charge in [0.05, 0.1) is 39.9 Å². The zero-order chi connectivity index (χ0) is 40.7. The molecule has 0 aliphatic rings. The van der Waals surface area contributed by atoms with Gasteiger partial charge in [-0.2, -0.15) is 0 Å². The molecule has 320 valence electrons. The molecule has 0 spiro atoms. The number of carbonyl (C=O) groups is 1. The van der Waals surface area contributed by atoms with Crippen LogP contribution in [0.15, 0.2) is 60.8 Å². The number of likely N-dealkylation sites (N-methyl/N-ethyl adjacent to an activating group) is 1. The van der Waals surface area contributed by atoms with Gasteiger partial charge in [0, 0.05) is 6.42 Å². The van der Waals surface area contributed by atoms with E-state index in [0.717, 1.165) is 51.4 Å². The number of carbonyl (C=O) groups excluding carboxylic acids is 1. The summed E-state index contributed by atoms with van der Waals surface area (Å²) in [5.74, 6) is -0.199. The van der Waals surface area contributed by atoms with Crippen molar-refractivity contribution in [2.24, 2.45) is 0 Å². The molecular formula is C46H86N2O6P+. The summed E-state index contributed by atoms with van der Waals surface area (Å²) >= 11 is 0. The standard InChI is InChI=1S/C46H85N2O6P/c1-6-8-10-12-14-16-18-20-22-23-24-25-26-28-30-32-34-36-38-40-46(50)47-44(43-54-55(51,52)53-42-41-48(3,4)5)45(49)39-37-35-33-31-29-27-21-19-17-15-13-11-9-7-2/h14,16-17,19-20,22,29,31,37,39,44-45,49H,6-13,15,18,21,23-28,30,32-36,38,40-43H2,1-5H3,(H-,47,50,51,52)/p+1/b16-14-,19-17+,22-20-,31-29+,39-37+. The number of allylic oxidation sites excluding steroid dienone is 9. The number of phosphoric ester groups is 1. The first kappa shape index (κ1) is 53.2. The summed E-state index contributed by atoms with van der Waals surface area (Å²) < 4.78 is 23.5. The van der Waals surface area contributed by atoms with E-state index in [1.165, 1.54) is 103 Å². The predicted molar refractivity (Wildman–Crippen MR) is 235 cm³/mol. The Morgan fingerprint density at radius 1 is 0.618 bits per heavy atom. The van der Waals surface area contributed by atoms with Crippen molar-refractivity contribution in [3.8, 4) is 0 Å². The van der Waals surface area contributed by atoms with Gasteiger partial charge in [0.1, 0.15) is 13.2 Å². The fraction of sp³-hybridized carbons (Fsp3) is 0.761. The van der Waals surface area contributed by atoms with Gasteiger partial charge in [-0.1, -0.05) is 152 Å². The third-order valence-corrected chi connectivity index (χ3v) is 10.4. The van der Waals surface area contributed by atoms with E-state index in [9.17, 15) is 19.4 Å². The number of hydrogen-bond donors (Lipinski definition) is 3. The topological polar surface area (TPSA) is 105 Å². The van der Waals surface area contributed by atoms with Crippen molar-refractivity contribution >= 4 is 13.7 Å². The van der Waals surface area contributed by atoms with Crippen molar-refractivity contribution < 1.29 is 32.9 Å². The molecule has 0 bridgehead atoms. The molecule has 3 N–H and O–H groups in total. The second-order valence-corrected chi connectivity index (χ2v) is 17.5. The van der Waals surface area contributed by atoms with Crippen LogP contribution in [0.4, 0.5) is 0 Å². The maximum atomic E-state index is 12.9. The highest BCUT2D eigenvalue weighted by atomic mass is 31.2. The molecule has 3 atom stereocenters. The van der Waals surface area contributed by atoms with E-state index in [4.69, 9.17) is 9.05 Å². The first-order chi connectivity index (χ1) is 26.5. The van der Waals surface area contributed by atoms with Gasteiger partial charge < -0.3 is 19.8 Å². The van der Waals surface area contributed by atoms with Crippen LogP contribution >= 0.6 is 7.82 Å². The van der Waals surface area contributed by atoms with Crippen LogP contribution in [0.5, 0.6) is 0 Å². The molecular weight excluding hydrogens is 707 g/mol. The quantitative estimate of drug-likeness (QED) is 0.0248. The number of rotatable bonds is 39. The Labute approximate surface area is 339 Å². The van der Waals surface area contributed by atoms with E-state index in [0.29, 0.717) is 17.4 Å². The van der Waals surface area contributed by atoms with E-state index < -0.39 is 20.0 Å². The average Bonchev–Trinajstić information content (AvgIpc) is 3.13. The van der Waals surface area contributed by atoms with E-state index in [1.807, 2.05) is 27.2 Å². The summed E-state index contributed by atoms with van der Waals surface area (Å²) in [6.45, 7) is 4.72. The number of aliphatic hydroxyl groups excluding tert-OH is 1. The van der Waals surface area contributed by atoms with Crippen LogP contribution < -0.4 is 5.32 Å². The third-order valence-electron chi connectivity index (χ3n) is 9.44. The average molecular weight is 794 g/mol. The van der Waals surface area contributed by atoms with Crippen LogP contribution in [0.3, 0.4) is 0 Å². The Balaban J connectivity index is 4.48. The lowest BCUT2D eigenvalue weighted by Crippen LogP contribution is -2.45. The van der Waals surface area contributed by atoms with Crippen molar-refractivity contribution in [1.29, 1.82) is 0 Å². The summed E-state index contributed by atoms with van der Waals surface area (Å²) in [6.07, 6.45) is 48.6. The van der Waals surface area contributed by atoms with Gasteiger partial charge in [-0.15, -0.1) is 0 Å². The van der Waals surface area contributed by atoms with Crippen LogP contribution in [0, 0.1) is 0 Å². The summed E-state index contributed by atoms with van der Waals surface area (Å²) in [5, 5.41) is 13.8. The largest absolute Gasteiger partial charge is 0.472 e. The third kappa shape index (κ3) is 40.2. The molecule has 0 heterocycles. The highest BCUT2D eigenvalue weighted by Crippen LogP contribution is 2.43. The van der Waals surface area contributed by atoms with Crippen LogP contribution in [-0.2, 0) is 18.4 Å². The second kappa shape index (κ2) is 37.8. The number of amides is 1. The van der Waals surface area contributed by atoms with Crippen molar-refractivity contribution in [2.45, 2.75) is 187 Å². The molecule has 0 rings (SSSR count). The SMILES string of the molecule is CCCCC/C=C\C/C=C\CCCCCCCCCCCC(=O)NC(COP(=O)(O)OCC[N+](C)(C)C)C(O)/C=C/CC/C=C/CC/C=C/CCCCCC. The molecule has 3 unspecified atom stereocenters. The van der Waals surface area contributed by atoms with Gasteiger partial charge in [-0.05, 0) is 77.0 Å². The molecule has 0 aromatic heterocycles. The summed E-state index contributed by atoms with van der Waals surface area (Å²) in [4.78, 5) is 23.1. The van der Waals surface area contributed by atoms with Gasteiger partial charge in [-0.3, -0.25) is 13.8 Å². The van der Waals surface area contributed by atoms with E-state index in [-0.39, 0.29) is 19.1 Å². The minimum absolute atomic E-state index is 0.0504. The Kier molecular flexibility index (Phi) is 36.5. The monoisotopic (exact) mass is 794 g/mol. The first-order valence-electron chi connectivity index (χ1n) is 22.2. The smallest absolute Gasteiger partial charge is 0.387 e. The van der Waals surface area contributed by atoms with Crippen molar-refractivity contribution in [1.82, 2.24) is 5.32 Å². The maximum absolute atomic E-state index is 12.9. The zero-order valence-electron chi connectivity index (χ0n) is 36.1. The Morgan fingerprint density at radius 3 is 1.60 bits per heavy atom. The molecule has 9 heteroatoms. The number of quaternary nitrogens is 1. The highest BCUT2D eigenvalue weighted by Gasteiger charge is 2.27. The van der Waals surface area contributed by atoms with E-state index in [1.54, 1.807) is 6.08 Å². The molecule has 0 fully saturated rings.